The van der Waals surface area contributed by atoms with Crippen LogP contribution in [0.5, 0.6) is 5.75 Å². The van der Waals surface area contributed by atoms with Crippen LogP contribution < -0.4 is 15.4 Å². The van der Waals surface area contributed by atoms with Crippen molar-refractivity contribution in [3.8, 4) is 5.75 Å². The van der Waals surface area contributed by atoms with Crippen molar-refractivity contribution in [2.45, 2.75) is 31.4 Å². The number of ether oxygens (including phenoxy) is 2. The van der Waals surface area contributed by atoms with Crippen LogP contribution in [0.2, 0.25) is 0 Å². The highest BCUT2D eigenvalue weighted by atomic mass is 16.5. The first kappa shape index (κ1) is 17.2. The molecule has 0 aromatic heterocycles. The Morgan fingerprint density at radius 2 is 2.22 bits per heavy atom. The van der Waals surface area contributed by atoms with Crippen LogP contribution in [-0.2, 0) is 14.3 Å². The molecule has 2 rings (SSSR count). The predicted octanol–water partition coefficient (Wildman–Crippen LogP) is 1.25. The van der Waals surface area contributed by atoms with Crippen molar-refractivity contribution in [2.24, 2.45) is 0 Å². The molecule has 1 aromatic carbocycles. The molecule has 1 aliphatic heterocycles. The monoisotopic (exact) mass is 322 g/mol. The topological polar surface area (TPSA) is 96.9 Å². The molecule has 7 nitrogen and oxygen atoms in total. The van der Waals surface area contributed by atoms with E-state index in [0.717, 1.165) is 12.8 Å². The van der Waals surface area contributed by atoms with Gasteiger partial charge in [0.25, 0.3) is 0 Å². The van der Waals surface area contributed by atoms with E-state index < -0.39 is 12.0 Å². The van der Waals surface area contributed by atoms with Crippen molar-refractivity contribution in [3.05, 3.63) is 24.3 Å². The first-order valence-electron chi connectivity index (χ1n) is 7.61. The molecule has 126 valence electrons. The number of nitrogens with one attached hydrogen (secondary N) is 2. The zero-order chi connectivity index (χ0) is 16.7. The minimum absolute atomic E-state index is 0.0223. The van der Waals surface area contributed by atoms with Crippen LogP contribution in [0.4, 0.5) is 5.69 Å². The van der Waals surface area contributed by atoms with Crippen molar-refractivity contribution in [1.82, 2.24) is 5.32 Å². The van der Waals surface area contributed by atoms with E-state index in [4.69, 9.17) is 9.47 Å². The summed E-state index contributed by atoms with van der Waals surface area (Å²) in [6.45, 7) is 1.14. The number of carboxylic acid groups (broad SMARTS) is 1. The van der Waals surface area contributed by atoms with Crippen LogP contribution in [0.3, 0.4) is 0 Å². The molecular formula is C16H22N2O5. The van der Waals surface area contributed by atoms with E-state index in [-0.39, 0.29) is 18.4 Å². The lowest BCUT2D eigenvalue weighted by atomic mass is 10.1. The normalized spacial score (nSPS) is 18.4. The number of carbonyl (C=O) groups excluding carboxylic acids is 1. The molecule has 1 fully saturated rings. The van der Waals surface area contributed by atoms with Crippen LogP contribution in [0.25, 0.3) is 0 Å². The third-order valence-corrected chi connectivity index (χ3v) is 3.68. The van der Waals surface area contributed by atoms with Crippen LogP contribution in [0, 0.1) is 0 Å². The second-order valence-electron chi connectivity index (χ2n) is 5.39. The van der Waals surface area contributed by atoms with Gasteiger partial charge in [0.15, 0.2) is 0 Å². The Morgan fingerprint density at radius 3 is 2.87 bits per heavy atom. The summed E-state index contributed by atoms with van der Waals surface area (Å²) >= 11 is 0. The van der Waals surface area contributed by atoms with Gasteiger partial charge in [0, 0.05) is 13.2 Å². The Hall–Kier alpha value is -2.12. The van der Waals surface area contributed by atoms with E-state index in [1.165, 1.54) is 7.11 Å². The molecule has 1 amide bonds. The fourth-order valence-corrected chi connectivity index (χ4v) is 2.46. The number of hydrogen-bond donors (Lipinski definition) is 3. The van der Waals surface area contributed by atoms with Gasteiger partial charge in [-0.25, -0.2) is 0 Å². The van der Waals surface area contributed by atoms with E-state index in [1.54, 1.807) is 24.3 Å². The van der Waals surface area contributed by atoms with Gasteiger partial charge in [0.2, 0.25) is 5.91 Å². The number of carboxylic acids is 1. The van der Waals surface area contributed by atoms with E-state index in [1.807, 2.05) is 0 Å². The average Bonchev–Trinajstić information content (AvgIpc) is 3.05. The minimum atomic E-state index is -1.06. The quantitative estimate of drug-likeness (QED) is 0.666. The van der Waals surface area contributed by atoms with Crippen LogP contribution in [-0.4, -0.2) is 49.4 Å². The van der Waals surface area contributed by atoms with Gasteiger partial charge < -0.3 is 25.2 Å². The fourth-order valence-electron chi connectivity index (χ4n) is 2.46. The highest BCUT2D eigenvalue weighted by Crippen LogP contribution is 2.23. The number of anilines is 1. The van der Waals surface area contributed by atoms with Crippen molar-refractivity contribution < 1.29 is 24.2 Å². The molecule has 0 radical (unpaired) electrons. The van der Waals surface area contributed by atoms with E-state index in [2.05, 4.69) is 10.6 Å². The van der Waals surface area contributed by atoms with Gasteiger partial charge in [-0.3, -0.25) is 9.59 Å². The van der Waals surface area contributed by atoms with Crippen LogP contribution >= 0.6 is 0 Å². The van der Waals surface area contributed by atoms with Crippen LogP contribution in [0.15, 0.2) is 24.3 Å². The molecule has 0 aliphatic carbocycles. The third kappa shape index (κ3) is 5.22. The third-order valence-electron chi connectivity index (χ3n) is 3.68. The van der Waals surface area contributed by atoms with Gasteiger partial charge in [-0.1, -0.05) is 12.1 Å². The zero-order valence-corrected chi connectivity index (χ0v) is 13.1. The molecule has 1 aromatic rings. The number of rotatable bonds is 8. The molecule has 1 saturated heterocycles. The Morgan fingerprint density at radius 1 is 1.43 bits per heavy atom. The fraction of sp³-hybridized carbons (Fsp3) is 0.500. The Labute approximate surface area is 135 Å². The first-order valence-corrected chi connectivity index (χ1v) is 7.61. The van der Waals surface area contributed by atoms with Crippen LogP contribution in [0.1, 0.15) is 19.3 Å². The molecule has 1 aliphatic rings. The molecule has 0 bridgehead atoms. The number of carbonyl (C=O) groups is 2. The lowest BCUT2D eigenvalue weighted by Crippen LogP contribution is -2.43. The number of hydrogen-bond acceptors (Lipinski definition) is 5. The molecule has 0 unspecified atom stereocenters. The van der Waals surface area contributed by atoms with Gasteiger partial charge in [-0.2, -0.15) is 0 Å². The Bertz CT molecular complexity index is 543. The first-order chi connectivity index (χ1) is 11.1. The second-order valence-corrected chi connectivity index (χ2v) is 5.39. The number of amides is 1. The zero-order valence-electron chi connectivity index (χ0n) is 13.1. The largest absolute Gasteiger partial charge is 0.495 e. The highest BCUT2D eigenvalue weighted by molar-refractivity contribution is 5.95. The van der Waals surface area contributed by atoms with Gasteiger partial charge in [-0.15, -0.1) is 0 Å². The average molecular weight is 322 g/mol. The van der Waals surface area contributed by atoms with Crippen molar-refractivity contribution >= 4 is 17.6 Å². The van der Waals surface area contributed by atoms with Crippen molar-refractivity contribution in [2.75, 3.05) is 25.6 Å². The van der Waals surface area contributed by atoms with E-state index in [0.29, 0.717) is 24.6 Å². The second kappa shape index (κ2) is 8.50. The van der Waals surface area contributed by atoms with Crippen molar-refractivity contribution in [1.29, 1.82) is 0 Å². The lowest BCUT2D eigenvalue weighted by Gasteiger charge is -2.17. The molecule has 3 N–H and O–H groups in total. The molecule has 2 atom stereocenters. The molecule has 1 heterocycles. The maximum atomic E-state index is 12.1. The summed E-state index contributed by atoms with van der Waals surface area (Å²) in [5.74, 6) is -0.917. The number of benzene rings is 1. The molecule has 23 heavy (non-hydrogen) atoms. The smallest absolute Gasteiger partial charge is 0.321 e. The van der Waals surface area contributed by atoms with Gasteiger partial charge in [-0.05, 0) is 25.0 Å². The standard InChI is InChI=1S/C16H22N2O5/c1-22-14-7-3-2-6-12(14)18-15(19)9-13(16(20)21)17-10-11-5-4-8-23-11/h2-3,6-7,11,13,17H,4-5,8-10H2,1H3,(H,18,19)(H,20,21)/t11-,13-/m1/s1. The Balaban J connectivity index is 1.88. The molecule has 7 heteroatoms. The van der Waals surface area contributed by atoms with Gasteiger partial charge in [0.1, 0.15) is 11.8 Å². The Kier molecular flexibility index (Phi) is 6.37. The minimum Gasteiger partial charge on any atom is -0.495 e. The maximum Gasteiger partial charge on any atom is 0.321 e. The maximum absolute atomic E-state index is 12.1. The van der Waals surface area contributed by atoms with Crippen molar-refractivity contribution in [3.63, 3.8) is 0 Å². The molecule has 0 saturated carbocycles. The summed E-state index contributed by atoms with van der Waals surface area (Å²) in [4.78, 5) is 23.4. The van der Waals surface area contributed by atoms with E-state index in [9.17, 15) is 14.7 Å². The highest BCUT2D eigenvalue weighted by Gasteiger charge is 2.24. The number of methoxy groups -OCH3 is 1. The summed E-state index contributed by atoms with van der Waals surface area (Å²) < 4.78 is 10.6. The summed E-state index contributed by atoms with van der Waals surface area (Å²) in [5, 5.41) is 14.8. The predicted molar refractivity (Wildman–Crippen MR) is 84.6 cm³/mol. The number of aliphatic carboxylic acids is 1. The lowest BCUT2D eigenvalue weighted by molar-refractivity contribution is -0.141. The van der Waals surface area contributed by atoms with E-state index >= 15 is 0 Å². The molecular weight excluding hydrogens is 300 g/mol. The summed E-state index contributed by atoms with van der Waals surface area (Å²) in [7, 11) is 1.51. The summed E-state index contributed by atoms with van der Waals surface area (Å²) in [5.41, 5.74) is 0.517. The van der Waals surface area contributed by atoms with Gasteiger partial charge >= 0.3 is 5.97 Å². The SMILES string of the molecule is COc1ccccc1NC(=O)C[C@@H](NC[C@H]1CCCO1)C(=O)O. The summed E-state index contributed by atoms with van der Waals surface area (Å²) in [6, 6.07) is 6.03. The molecule has 0 spiro atoms. The summed E-state index contributed by atoms with van der Waals surface area (Å²) in [6.07, 6.45) is 1.75. The number of para-hydroxylation sites is 2. The van der Waals surface area contributed by atoms with Gasteiger partial charge in [0.05, 0.1) is 25.3 Å².